The number of likely N-dealkylation sites (tertiary alicyclic amines) is 1. The van der Waals surface area contributed by atoms with Gasteiger partial charge in [-0.2, -0.15) is 0 Å². The van der Waals surface area contributed by atoms with Gasteiger partial charge >= 0.3 is 5.97 Å². The van der Waals surface area contributed by atoms with Crippen LogP contribution in [0.3, 0.4) is 0 Å². The average molecular weight is 467 g/mol. The number of aromatic hydroxyl groups is 1. The van der Waals surface area contributed by atoms with Gasteiger partial charge in [0, 0.05) is 19.5 Å². The molecule has 0 radical (unpaired) electrons. The molecule has 1 aliphatic carbocycles. The molecule has 1 saturated carbocycles. The molecule has 34 heavy (non-hydrogen) atoms. The molecule has 1 atom stereocenters. The number of phenolic OH excluding ortho intramolecular Hbond substituents is 1. The maximum Gasteiger partial charge on any atom is 0.339 e. The maximum absolute atomic E-state index is 13.1. The van der Waals surface area contributed by atoms with Gasteiger partial charge in [0.05, 0.1) is 11.3 Å². The summed E-state index contributed by atoms with van der Waals surface area (Å²) in [6, 6.07) is 3.27. The van der Waals surface area contributed by atoms with Crippen molar-refractivity contribution in [1.29, 1.82) is 0 Å². The highest BCUT2D eigenvalue weighted by Crippen LogP contribution is 2.44. The minimum absolute atomic E-state index is 0.0610. The second-order valence-corrected chi connectivity index (χ2v) is 9.46. The lowest BCUT2D eigenvalue weighted by atomic mass is 9.93. The summed E-state index contributed by atoms with van der Waals surface area (Å²) in [7, 11) is 0. The number of esters is 1. The van der Waals surface area contributed by atoms with Crippen LogP contribution in [0.15, 0.2) is 41.6 Å². The number of hydrogen-bond donors (Lipinski definition) is 1. The van der Waals surface area contributed by atoms with E-state index >= 15 is 0 Å². The molecule has 2 fully saturated rings. The van der Waals surface area contributed by atoms with Crippen LogP contribution in [0, 0.1) is 5.92 Å². The second kappa shape index (κ2) is 11.4. The summed E-state index contributed by atoms with van der Waals surface area (Å²) in [5, 5.41) is 14.6. The monoisotopic (exact) mass is 466 g/mol. The van der Waals surface area contributed by atoms with Gasteiger partial charge in [0.1, 0.15) is 12.4 Å². The number of amides is 1. The molecule has 0 spiro atoms. The Morgan fingerprint density at radius 1 is 1.21 bits per heavy atom. The second-order valence-electron chi connectivity index (χ2n) is 9.46. The molecule has 1 aromatic rings. The highest BCUT2D eigenvalue weighted by atomic mass is 16.6. The number of piperidine rings is 1. The first-order valence-corrected chi connectivity index (χ1v) is 12.3. The number of phenols is 1. The SMILES string of the molecule is CC1/C=C/COC(=O)c2c(cc(O)cc2C2CC2)CC(=N\OCC(=O)N2CCCCC2)/C=C/C1. The minimum atomic E-state index is -0.391. The predicted molar refractivity (Wildman–Crippen MR) is 130 cm³/mol. The Labute approximate surface area is 201 Å². The Morgan fingerprint density at radius 3 is 2.76 bits per heavy atom. The number of cyclic esters (lactones) is 1. The average Bonchev–Trinajstić information content (AvgIpc) is 3.66. The lowest BCUT2D eigenvalue weighted by molar-refractivity contribution is -0.137. The standard InChI is InChI=1S/C27H34N2O5/c1-19-7-5-9-22(28-34-18-25(31)29-12-3-2-4-13-29)15-21-16-23(30)17-24(20-10-11-20)26(21)27(32)33-14-6-8-19/h5-6,8-9,16-17,19-20,30H,2-4,7,10-15,18H2,1H3/b8-6+,9-5+,28-22-. The number of ether oxygens (including phenoxy) is 1. The van der Waals surface area contributed by atoms with E-state index in [1.54, 1.807) is 12.1 Å². The van der Waals surface area contributed by atoms with Crippen molar-refractivity contribution in [1.82, 2.24) is 4.90 Å². The largest absolute Gasteiger partial charge is 0.508 e. The third-order valence-electron chi connectivity index (χ3n) is 6.50. The number of benzene rings is 1. The zero-order valence-corrected chi connectivity index (χ0v) is 19.9. The number of fused-ring (bicyclic) bond motifs is 1. The summed E-state index contributed by atoms with van der Waals surface area (Å²) in [6.07, 6.45) is 14.1. The molecule has 2 heterocycles. The van der Waals surface area contributed by atoms with Gasteiger partial charge in [-0.3, -0.25) is 4.79 Å². The molecule has 1 amide bonds. The van der Waals surface area contributed by atoms with Crippen LogP contribution in [-0.2, 0) is 20.8 Å². The van der Waals surface area contributed by atoms with E-state index in [0.717, 1.165) is 57.2 Å². The first-order valence-electron chi connectivity index (χ1n) is 12.3. The Balaban J connectivity index is 1.59. The molecule has 7 nitrogen and oxygen atoms in total. The molecule has 1 aromatic carbocycles. The Hall–Kier alpha value is -3.09. The zero-order chi connectivity index (χ0) is 23.9. The lowest BCUT2D eigenvalue weighted by Gasteiger charge is -2.26. The van der Waals surface area contributed by atoms with Gasteiger partial charge in [-0.1, -0.05) is 30.3 Å². The van der Waals surface area contributed by atoms with Crippen LogP contribution >= 0.6 is 0 Å². The molecule has 2 aliphatic heterocycles. The number of oxime groups is 1. The number of hydrogen-bond acceptors (Lipinski definition) is 6. The minimum Gasteiger partial charge on any atom is -0.508 e. The zero-order valence-electron chi connectivity index (χ0n) is 19.9. The normalized spacial score (nSPS) is 24.7. The predicted octanol–water partition coefficient (Wildman–Crippen LogP) is 4.51. The Bertz CT molecular complexity index is 987. The van der Waals surface area contributed by atoms with Gasteiger partial charge in [0.15, 0.2) is 6.61 Å². The van der Waals surface area contributed by atoms with E-state index in [1.165, 1.54) is 0 Å². The quantitative estimate of drug-likeness (QED) is 0.401. The summed E-state index contributed by atoms with van der Waals surface area (Å²) in [5.41, 5.74) is 2.57. The first kappa shape index (κ1) is 24.0. The van der Waals surface area contributed by atoms with E-state index in [-0.39, 0.29) is 43.1 Å². The van der Waals surface area contributed by atoms with E-state index in [0.29, 0.717) is 16.8 Å². The van der Waals surface area contributed by atoms with E-state index in [4.69, 9.17) is 9.57 Å². The Morgan fingerprint density at radius 2 is 2.00 bits per heavy atom. The molecule has 3 aliphatic rings. The van der Waals surface area contributed by atoms with E-state index < -0.39 is 5.97 Å². The van der Waals surface area contributed by atoms with Crippen molar-refractivity contribution in [3.05, 3.63) is 53.1 Å². The molecule has 0 bridgehead atoms. The summed E-state index contributed by atoms with van der Waals surface area (Å²) in [5.74, 6) is 0.198. The van der Waals surface area contributed by atoms with Crippen LogP contribution in [-0.4, -0.2) is 53.9 Å². The maximum atomic E-state index is 13.1. The number of nitrogens with zero attached hydrogens (tertiary/aromatic N) is 2. The van der Waals surface area contributed by atoms with Crippen LogP contribution in [0.25, 0.3) is 0 Å². The number of rotatable bonds is 4. The Kier molecular flexibility index (Phi) is 8.03. The van der Waals surface area contributed by atoms with Crippen molar-refractivity contribution >= 4 is 17.6 Å². The summed E-state index contributed by atoms with van der Waals surface area (Å²) < 4.78 is 5.55. The van der Waals surface area contributed by atoms with Gasteiger partial charge in [-0.05, 0) is 79.7 Å². The molecule has 0 aromatic heterocycles. The van der Waals surface area contributed by atoms with E-state index in [1.807, 2.05) is 29.2 Å². The topological polar surface area (TPSA) is 88.4 Å². The number of carbonyl (C=O) groups is 2. The fraction of sp³-hybridized carbons (Fsp3) is 0.519. The molecular formula is C27H34N2O5. The van der Waals surface area contributed by atoms with Crippen molar-refractivity contribution in [3.8, 4) is 5.75 Å². The fourth-order valence-corrected chi connectivity index (χ4v) is 4.52. The number of allylic oxidation sites excluding steroid dienone is 3. The smallest absolute Gasteiger partial charge is 0.339 e. The molecule has 1 unspecified atom stereocenters. The number of carbonyl (C=O) groups excluding carboxylic acids is 2. The molecule has 7 heteroatoms. The van der Waals surface area contributed by atoms with Crippen molar-refractivity contribution in [2.75, 3.05) is 26.3 Å². The van der Waals surface area contributed by atoms with Crippen LogP contribution in [0.1, 0.15) is 72.9 Å². The molecule has 182 valence electrons. The highest BCUT2D eigenvalue weighted by molar-refractivity contribution is 6.00. The molecule has 1 N–H and O–H groups in total. The molecular weight excluding hydrogens is 432 g/mol. The first-order chi connectivity index (χ1) is 16.5. The summed E-state index contributed by atoms with van der Waals surface area (Å²) >= 11 is 0. The summed E-state index contributed by atoms with van der Waals surface area (Å²) in [4.78, 5) is 32.8. The van der Waals surface area contributed by atoms with E-state index in [2.05, 4.69) is 12.1 Å². The van der Waals surface area contributed by atoms with Crippen molar-refractivity contribution in [2.24, 2.45) is 11.1 Å². The van der Waals surface area contributed by atoms with Crippen LogP contribution in [0.2, 0.25) is 0 Å². The third-order valence-corrected chi connectivity index (χ3v) is 6.50. The van der Waals surface area contributed by atoms with Crippen molar-refractivity contribution < 1.29 is 24.3 Å². The van der Waals surface area contributed by atoms with E-state index in [9.17, 15) is 14.7 Å². The van der Waals surface area contributed by atoms with Gasteiger partial charge < -0.3 is 19.6 Å². The van der Waals surface area contributed by atoms with Crippen molar-refractivity contribution in [2.45, 2.75) is 57.8 Å². The van der Waals surface area contributed by atoms with Crippen LogP contribution < -0.4 is 0 Å². The van der Waals surface area contributed by atoms with Gasteiger partial charge in [0.25, 0.3) is 5.91 Å². The van der Waals surface area contributed by atoms with Crippen LogP contribution in [0.5, 0.6) is 5.75 Å². The van der Waals surface area contributed by atoms with Gasteiger partial charge in [0.2, 0.25) is 0 Å². The van der Waals surface area contributed by atoms with Crippen molar-refractivity contribution in [3.63, 3.8) is 0 Å². The molecule has 4 rings (SSSR count). The van der Waals surface area contributed by atoms with Gasteiger partial charge in [-0.25, -0.2) is 4.79 Å². The third kappa shape index (κ3) is 6.49. The van der Waals surface area contributed by atoms with Gasteiger partial charge in [-0.15, -0.1) is 0 Å². The summed E-state index contributed by atoms with van der Waals surface area (Å²) in [6.45, 7) is 3.72. The lowest BCUT2D eigenvalue weighted by Crippen LogP contribution is -2.37. The highest BCUT2D eigenvalue weighted by Gasteiger charge is 2.31. The fourth-order valence-electron chi connectivity index (χ4n) is 4.52. The molecule has 1 saturated heterocycles. The van der Waals surface area contributed by atoms with Crippen LogP contribution in [0.4, 0.5) is 0 Å².